The van der Waals surface area contributed by atoms with Crippen LogP contribution in [0.25, 0.3) is 49.8 Å². The Morgan fingerprint density at radius 3 is 2.55 bits per heavy atom. The third-order valence-electron chi connectivity index (χ3n) is 7.03. The number of nitrogens with zero attached hydrogens (tertiary/aromatic N) is 6. The molecule has 0 saturated heterocycles. The number of aromatic amines is 1. The molecule has 0 aliphatic heterocycles. The third-order valence-corrected chi connectivity index (χ3v) is 7.48. The molecule has 0 unspecified atom stereocenters. The summed E-state index contributed by atoms with van der Waals surface area (Å²) >= 11 is 0. The largest absolute Gasteiger partial charge is 0.471 e. The van der Waals surface area contributed by atoms with Gasteiger partial charge in [-0.15, -0.1) is 0 Å². The van der Waals surface area contributed by atoms with Gasteiger partial charge in [-0.05, 0) is 55.8 Å². The Bertz CT molecular complexity index is 2240. The SMILES string of the molecule is CC(C)(C#N)c1ccc(-n2c(=O)n(COP(=O)(O)O)c(=O)c3cnc4ccc(-c5ccc6[nH]ncc6c5)nc4c32)cc1. The topological polar surface area (TPSA) is 189 Å². The average Bonchev–Trinajstić information content (AvgIpc) is 3.44. The number of fused-ring (bicyclic) bond motifs is 4. The summed E-state index contributed by atoms with van der Waals surface area (Å²) in [5.74, 6) is 0. The number of rotatable bonds is 6. The normalized spacial score (nSPS) is 12.3. The summed E-state index contributed by atoms with van der Waals surface area (Å²) in [6, 6.07) is 18.0. The molecule has 4 heterocycles. The molecule has 0 bridgehead atoms. The first-order valence-corrected chi connectivity index (χ1v) is 14.1. The van der Waals surface area contributed by atoms with Crippen LogP contribution in [0.5, 0.6) is 0 Å². The van der Waals surface area contributed by atoms with Gasteiger partial charge in [0.25, 0.3) is 5.56 Å². The minimum Gasteiger partial charge on any atom is -0.303 e. The smallest absolute Gasteiger partial charge is 0.303 e. The highest BCUT2D eigenvalue weighted by molar-refractivity contribution is 7.46. The third kappa shape index (κ3) is 4.68. The maximum absolute atomic E-state index is 13.9. The number of phosphoric ester groups is 1. The van der Waals surface area contributed by atoms with Gasteiger partial charge in [-0.25, -0.2) is 18.9 Å². The predicted octanol–water partition coefficient (Wildman–Crippen LogP) is 3.51. The van der Waals surface area contributed by atoms with Crippen molar-refractivity contribution in [3.8, 4) is 23.0 Å². The molecule has 0 saturated carbocycles. The standard InChI is InChI=1S/C28H22N7O6P/c1-28(2,14-29)18-4-6-19(7-5-18)35-25-20(26(36)34(27(35)37)15-41-42(38,39)40)13-30-23-10-9-21(32-24(23)25)16-3-8-22-17(11-16)12-31-33-22/h3-13H,15H2,1-2H3,(H,31,33)(H2,38,39,40). The summed E-state index contributed by atoms with van der Waals surface area (Å²) < 4.78 is 17.7. The van der Waals surface area contributed by atoms with Crippen molar-refractivity contribution >= 4 is 40.7 Å². The number of hydrogen-bond donors (Lipinski definition) is 3. The minimum atomic E-state index is -5.01. The van der Waals surface area contributed by atoms with Crippen molar-refractivity contribution < 1.29 is 18.9 Å². The second-order valence-corrected chi connectivity index (χ2v) is 11.4. The van der Waals surface area contributed by atoms with E-state index in [9.17, 15) is 29.2 Å². The highest BCUT2D eigenvalue weighted by Crippen LogP contribution is 2.36. The fourth-order valence-electron chi connectivity index (χ4n) is 4.73. The van der Waals surface area contributed by atoms with E-state index >= 15 is 0 Å². The first kappa shape index (κ1) is 27.2. The van der Waals surface area contributed by atoms with Gasteiger partial charge in [0, 0.05) is 17.1 Å². The number of nitrogens with one attached hydrogen (secondary N) is 1. The molecule has 0 aliphatic rings. The van der Waals surface area contributed by atoms with E-state index in [2.05, 4.69) is 25.8 Å². The van der Waals surface area contributed by atoms with Crippen LogP contribution < -0.4 is 11.2 Å². The van der Waals surface area contributed by atoms with Gasteiger partial charge in [0.15, 0.2) is 0 Å². The van der Waals surface area contributed by atoms with E-state index in [0.717, 1.165) is 16.5 Å². The summed E-state index contributed by atoms with van der Waals surface area (Å²) in [7, 11) is -5.01. The van der Waals surface area contributed by atoms with Crippen LogP contribution >= 0.6 is 7.82 Å². The monoisotopic (exact) mass is 583 g/mol. The molecule has 0 spiro atoms. The molecule has 42 heavy (non-hydrogen) atoms. The van der Waals surface area contributed by atoms with Gasteiger partial charge in [0.05, 0.1) is 51.0 Å². The molecular formula is C28H22N7O6P. The van der Waals surface area contributed by atoms with Gasteiger partial charge in [-0.1, -0.05) is 18.2 Å². The molecule has 6 aromatic rings. The number of aromatic nitrogens is 6. The fraction of sp³-hybridized carbons (Fsp3) is 0.143. The molecule has 3 N–H and O–H groups in total. The second kappa shape index (κ2) is 9.83. The second-order valence-electron chi connectivity index (χ2n) is 10.1. The molecule has 14 heteroatoms. The minimum absolute atomic E-state index is 0.0206. The molecule has 0 aliphatic carbocycles. The van der Waals surface area contributed by atoms with Gasteiger partial charge < -0.3 is 9.79 Å². The van der Waals surface area contributed by atoms with Crippen LogP contribution in [-0.2, 0) is 21.2 Å². The van der Waals surface area contributed by atoms with Crippen LogP contribution in [0.3, 0.4) is 0 Å². The zero-order valence-electron chi connectivity index (χ0n) is 22.2. The molecule has 6 rings (SSSR count). The van der Waals surface area contributed by atoms with Crippen LogP contribution in [0.2, 0.25) is 0 Å². The summed E-state index contributed by atoms with van der Waals surface area (Å²) in [5.41, 5.74) is 1.45. The van der Waals surface area contributed by atoms with Gasteiger partial charge in [-0.2, -0.15) is 10.4 Å². The van der Waals surface area contributed by atoms with E-state index in [4.69, 9.17) is 4.98 Å². The van der Waals surface area contributed by atoms with E-state index in [-0.39, 0.29) is 16.4 Å². The molecule has 2 aromatic carbocycles. The van der Waals surface area contributed by atoms with Crippen molar-refractivity contribution in [1.29, 1.82) is 5.26 Å². The lowest BCUT2D eigenvalue weighted by Crippen LogP contribution is -2.40. The maximum atomic E-state index is 13.9. The van der Waals surface area contributed by atoms with Crippen molar-refractivity contribution in [2.75, 3.05) is 0 Å². The van der Waals surface area contributed by atoms with Gasteiger partial charge in [0.2, 0.25) is 0 Å². The lowest BCUT2D eigenvalue weighted by atomic mass is 9.86. The highest BCUT2D eigenvalue weighted by atomic mass is 31.2. The zero-order chi connectivity index (χ0) is 29.8. The Balaban J connectivity index is 1.66. The first-order chi connectivity index (χ1) is 20.0. The highest BCUT2D eigenvalue weighted by Gasteiger charge is 2.23. The van der Waals surface area contributed by atoms with E-state index in [1.54, 1.807) is 56.4 Å². The summed E-state index contributed by atoms with van der Waals surface area (Å²) in [6.07, 6.45) is 2.98. The van der Waals surface area contributed by atoms with Crippen molar-refractivity contribution in [3.63, 3.8) is 0 Å². The van der Waals surface area contributed by atoms with E-state index in [1.807, 2.05) is 18.2 Å². The van der Waals surface area contributed by atoms with Crippen LogP contribution in [-0.4, -0.2) is 39.1 Å². The molecule has 0 radical (unpaired) electrons. The number of benzene rings is 2. The van der Waals surface area contributed by atoms with Crippen molar-refractivity contribution in [1.82, 2.24) is 29.3 Å². The predicted molar refractivity (Wildman–Crippen MR) is 154 cm³/mol. The van der Waals surface area contributed by atoms with Crippen molar-refractivity contribution in [3.05, 3.63) is 93.4 Å². The number of nitriles is 1. The zero-order valence-corrected chi connectivity index (χ0v) is 23.1. The van der Waals surface area contributed by atoms with Crippen LogP contribution in [0.15, 0.2) is 76.6 Å². The molecule has 0 atom stereocenters. The molecular weight excluding hydrogens is 561 g/mol. The summed E-state index contributed by atoms with van der Waals surface area (Å²) in [6.45, 7) is 2.52. The van der Waals surface area contributed by atoms with E-state index < -0.39 is 31.2 Å². The Morgan fingerprint density at radius 1 is 1.07 bits per heavy atom. The number of hydrogen-bond acceptors (Lipinski definition) is 8. The van der Waals surface area contributed by atoms with E-state index in [0.29, 0.717) is 27.0 Å². The Morgan fingerprint density at radius 2 is 1.83 bits per heavy atom. The Labute approximate surface area is 236 Å². The van der Waals surface area contributed by atoms with Crippen molar-refractivity contribution in [2.45, 2.75) is 26.0 Å². The molecule has 4 aromatic heterocycles. The summed E-state index contributed by atoms with van der Waals surface area (Å²) in [5, 5.41) is 17.4. The van der Waals surface area contributed by atoms with E-state index in [1.165, 1.54) is 10.8 Å². The Kier molecular flexibility index (Phi) is 6.36. The molecule has 210 valence electrons. The number of phosphoric acid groups is 1. The van der Waals surface area contributed by atoms with Gasteiger partial charge in [-0.3, -0.25) is 24.0 Å². The van der Waals surface area contributed by atoms with Crippen LogP contribution in [0, 0.1) is 11.3 Å². The van der Waals surface area contributed by atoms with Crippen LogP contribution in [0.4, 0.5) is 0 Å². The number of pyridine rings is 2. The maximum Gasteiger partial charge on any atom is 0.471 e. The quantitative estimate of drug-likeness (QED) is 0.193. The molecule has 13 nitrogen and oxygen atoms in total. The molecule has 0 amide bonds. The van der Waals surface area contributed by atoms with Gasteiger partial charge >= 0.3 is 13.5 Å². The van der Waals surface area contributed by atoms with Crippen LogP contribution in [0.1, 0.15) is 19.4 Å². The lowest BCUT2D eigenvalue weighted by molar-refractivity contribution is 0.148. The van der Waals surface area contributed by atoms with Gasteiger partial charge in [0.1, 0.15) is 12.2 Å². The Hall–Kier alpha value is -4.99. The first-order valence-electron chi connectivity index (χ1n) is 12.6. The summed E-state index contributed by atoms with van der Waals surface area (Å²) in [4.78, 5) is 55.0. The fourth-order valence-corrected chi connectivity index (χ4v) is 4.99. The molecule has 0 fully saturated rings. The lowest BCUT2D eigenvalue weighted by Gasteiger charge is -2.18. The van der Waals surface area contributed by atoms with Crippen molar-refractivity contribution in [2.24, 2.45) is 0 Å². The average molecular weight is 584 g/mol. The number of H-pyrrole nitrogens is 1.